The van der Waals surface area contributed by atoms with E-state index in [0.29, 0.717) is 6.04 Å². The van der Waals surface area contributed by atoms with E-state index in [2.05, 4.69) is 47.2 Å². The van der Waals surface area contributed by atoms with Gasteiger partial charge in [-0.25, -0.2) is 0 Å². The number of nitrogens with one attached hydrogen (secondary N) is 1. The van der Waals surface area contributed by atoms with Gasteiger partial charge in [0.1, 0.15) is 0 Å². The van der Waals surface area contributed by atoms with Gasteiger partial charge in [-0.3, -0.25) is 4.68 Å². The molecule has 1 aliphatic carbocycles. The van der Waals surface area contributed by atoms with Crippen LogP contribution in [0.2, 0.25) is 0 Å². The van der Waals surface area contributed by atoms with Crippen LogP contribution in [0.4, 0.5) is 0 Å². The molecule has 0 amide bonds. The highest BCUT2D eigenvalue weighted by atomic mass is 79.9. The number of likely N-dealkylation sites (N-methyl/N-ethyl adjacent to an activating group) is 1. The maximum Gasteiger partial charge on any atom is 0.0738 e. The lowest BCUT2D eigenvalue weighted by Gasteiger charge is -2.26. The van der Waals surface area contributed by atoms with E-state index in [4.69, 9.17) is 0 Å². The van der Waals surface area contributed by atoms with Crippen LogP contribution in [-0.2, 0) is 13.5 Å². The third-order valence-corrected chi connectivity index (χ3v) is 5.52. The van der Waals surface area contributed by atoms with E-state index >= 15 is 0 Å². The summed E-state index contributed by atoms with van der Waals surface area (Å²) in [6.07, 6.45) is 5.19. The van der Waals surface area contributed by atoms with Crippen LogP contribution in [-0.4, -0.2) is 22.9 Å². The Morgan fingerprint density at radius 3 is 2.67 bits per heavy atom. The Morgan fingerprint density at radius 1 is 1.50 bits per heavy atom. The summed E-state index contributed by atoms with van der Waals surface area (Å²) in [5.41, 5.74) is 2.40. The second-order valence-corrected chi connectivity index (χ2v) is 6.43. The van der Waals surface area contributed by atoms with Crippen LogP contribution in [0.1, 0.15) is 37.6 Å². The fourth-order valence-corrected chi connectivity index (χ4v) is 3.85. The van der Waals surface area contributed by atoms with Gasteiger partial charge in [0.05, 0.1) is 15.9 Å². The Bertz CT molecular complexity index is 413. The molecule has 1 fully saturated rings. The zero-order chi connectivity index (χ0) is 13.3. The van der Waals surface area contributed by atoms with Gasteiger partial charge in [-0.2, -0.15) is 5.10 Å². The van der Waals surface area contributed by atoms with E-state index in [1.165, 1.54) is 29.4 Å². The van der Waals surface area contributed by atoms with Crippen LogP contribution in [0.3, 0.4) is 0 Å². The van der Waals surface area contributed by atoms with E-state index in [1.54, 1.807) is 0 Å². The monoisotopic (exact) mass is 313 g/mol. The number of nitrogens with zero attached hydrogens (tertiary/aromatic N) is 2. The average Bonchev–Trinajstić information content (AvgIpc) is 2.84. The number of halogens is 1. The summed E-state index contributed by atoms with van der Waals surface area (Å²) in [5.74, 6) is 1.65. The molecule has 1 heterocycles. The number of aromatic nitrogens is 2. The van der Waals surface area contributed by atoms with Crippen molar-refractivity contribution >= 4 is 15.9 Å². The highest BCUT2D eigenvalue weighted by Gasteiger charge is 2.31. The van der Waals surface area contributed by atoms with Gasteiger partial charge >= 0.3 is 0 Å². The molecule has 0 radical (unpaired) electrons. The molecule has 0 saturated heterocycles. The molecule has 0 aliphatic heterocycles. The molecule has 0 aromatic carbocycles. The van der Waals surface area contributed by atoms with Crippen molar-refractivity contribution in [3.05, 3.63) is 15.9 Å². The first kappa shape index (κ1) is 14.1. The van der Waals surface area contributed by atoms with Gasteiger partial charge in [0.2, 0.25) is 0 Å². The van der Waals surface area contributed by atoms with Crippen LogP contribution in [0.15, 0.2) is 4.47 Å². The number of hydrogen-bond donors (Lipinski definition) is 1. The quantitative estimate of drug-likeness (QED) is 0.926. The van der Waals surface area contributed by atoms with Gasteiger partial charge in [-0.15, -0.1) is 0 Å². The van der Waals surface area contributed by atoms with Gasteiger partial charge in [-0.05, 0) is 48.2 Å². The van der Waals surface area contributed by atoms with Gasteiger partial charge in [-0.1, -0.05) is 19.8 Å². The summed E-state index contributed by atoms with van der Waals surface area (Å²) < 4.78 is 3.19. The maximum absolute atomic E-state index is 4.49. The minimum absolute atomic E-state index is 0.564. The summed E-state index contributed by atoms with van der Waals surface area (Å²) in [5, 5.41) is 8.01. The number of hydrogen-bond acceptors (Lipinski definition) is 2. The Labute approximate surface area is 118 Å². The van der Waals surface area contributed by atoms with Gasteiger partial charge in [0.15, 0.2) is 0 Å². The second kappa shape index (κ2) is 5.74. The predicted octanol–water partition coefficient (Wildman–Crippen LogP) is 3.06. The molecule has 3 unspecified atom stereocenters. The molecule has 18 heavy (non-hydrogen) atoms. The third kappa shape index (κ3) is 2.64. The average molecular weight is 314 g/mol. The highest BCUT2D eigenvalue weighted by Crippen LogP contribution is 2.35. The molecule has 1 saturated carbocycles. The molecule has 0 bridgehead atoms. The summed E-state index contributed by atoms with van der Waals surface area (Å²) in [6.45, 7) is 4.45. The van der Waals surface area contributed by atoms with Crippen molar-refractivity contribution in [3.63, 3.8) is 0 Å². The van der Waals surface area contributed by atoms with E-state index in [0.717, 1.165) is 24.0 Å². The molecular weight excluding hydrogens is 290 g/mol. The SMILES string of the molecule is CNC(Cc1c(Br)c(C)nn1C)C1CCCC1C. The fraction of sp³-hybridized carbons (Fsp3) is 0.786. The van der Waals surface area contributed by atoms with Crippen LogP contribution in [0, 0.1) is 18.8 Å². The zero-order valence-electron chi connectivity index (χ0n) is 11.8. The van der Waals surface area contributed by atoms with Crippen LogP contribution in [0.25, 0.3) is 0 Å². The van der Waals surface area contributed by atoms with Crippen molar-refractivity contribution in [1.82, 2.24) is 15.1 Å². The van der Waals surface area contributed by atoms with Crippen molar-refractivity contribution in [1.29, 1.82) is 0 Å². The lowest BCUT2D eigenvalue weighted by Crippen LogP contribution is -2.37. The molecule has 3 nitrogen and oxygen atoms in total. The molecule has 2 rings (SSSR count). The Morgan fingerprint density at radius 2 is 2.22 bits per heavy atom. The first-order valence-corrected chi connectivity index (χ1v) is 7.69. The molecule has 102 valence electrons. The Kier molecular flexibility index (Phi) is 4.49. The molecular formula is C14H24BrN3. The minimum Gasteiger partial charge on any atom is -0.316 e. The van der Waals surface area contributed by atoms with Crippen molar-refractivity contribution in [2.24, 2.45) is 18.9 Å². The molecule has 3 atom stereocenters. The molecule has 1 aliphatic rings. The first-order valence-electron chi connectivity index (χ1n) is 6.89. The van der Waals surface area contributed by atoms with Gasteiger partial charge in [0.25, 0.3) is 0 Å². The lowest BCUT2D eigenvalue weighted by atomic mass is 9.87. The maximum atomic E-state index is 4.49. The third-order valence-electron chi connectivity index (χ3n) is 4.49. The van der Waals surface area contributed by atoms with E-state index in [9.17, 15) is 0 Å². The van der Waals surface area contributed by atoms with E-state index in [1.807, 2.05) is 11.7 Å². The minimum atomic E-state index is 0.564. The zero-order valence-corrected chi connectivity index (χ0v) is 13.4. The van der Waals surface area contributed by atoms with Gasteiger partial charge < -0.3 is 5.32 Å². The van der Waals surface area contributed by atoms with Gasteiger partial charge in [0, 0.05) is 19.5 Å². The van der Waals surface area contributed by atoms with Crippen LogP contribution >= 0.6 is 15.9 Å². The van der Waals surface area contributed by atoms with E-state index in [-0.39, 0.29) is 0 Å². The standard InChI is InChI=1S/C14H24BrN3/c1-9-6-5-7-11(9)12(16-3)8-13-14(15)10(2)17-18(13)4/h9,11-12,16H,5-8H2,1-4H3. The summed E-state index contributed by atoms with van der Waals surface area (Å²) in [6, 6.07) is 0.564. The summed E-state index contributed by atoms with van der Waals surface area (Å²) in [7, 11) is 4.13. The normalized spacial score (nSPS) is 25.6. The molecule has 1 aromatic rings. The summed E-state index contributed by atoms with van der Waals surface area (Å²) >= 11 is 3.67. The number of rotatable bonds is 4. The Hall–Kier alpha value is -0.350. The molecule has 0 spiro atoms. The van der Waals surface area contributed by atoms with Crippen molar-refractivity contribution in [2.45, 2.75) is 45.6 Å². The van der Waals surface area contributed by atoms with Crippen LogP contribution < -0.4 is 5.32 Å². The first-order chi connectivity index (χ1) is 8.54. The highest BCUT2D eigenvalue weighted by molar-refractivity contribution is 9.10. The predicted molar refractivity (Wildman–Crippen MR) is 78.7 cm³/mol. The smallest absolute Gasteiger partial charge is 0.0738 e. The fourth-order valence-electron chi connectivity index (χ4n) is 3.35. The van der Waals surface area contributed by atoms with Crippen molar-refractivity contribution in [3.8, 4) is 0 Å². The summed E-state index contributed by atoms with van der Waals surface area (Å²) in [4.78, 5) is 0. The van der Waals surface area contributed by atoms with Crippen LogP contribution in [0.5, 0.6) is 0 Å². The Balaban J connectivity index is 2.15. The lowest BCUT2D eigenvalue weighted by molar-refractivity contribution is 0.304. The molecule has 1 aromatic heterocycles. The van der Waals surface area contributed by atoms with Crippen molar-refractivity contribution < 1.29 is 0 Å². The topological polar surface area (TPSA) is 29.9 Å². The number of aryl methyl sites for hydroxylation is 2. The van der Waals surface area contributed by atoms with Crippen molar-refractivity contribution in [2.75, 3.05) is 7.05 Å². The second-order valence-electron chi connectivity index (χ2n) is 5.64. The van der Waals surface area contributed by atoms with E-state index < -0.39 is 0 Å². The largest absolute Gasteiger partial charge is 0.316 e. The molecule has 4 heteroatoms. The molecule has 1 N–H and O–H groups in total.